The van der Waals surface area contributed by atoms with Gasteiger partial charge in [0.1, 0.15) is 11.5 Å². The number of halogens is 3. The van der Waals surface area contributed by atoms with Crippen LogP contribution in [0.1, 0.15) is 27.2 Å². The van der Waals surface area contributed by atoms with Gasteiger partial charge in [-0.25, -0.2) is 9.97 Å². The van der Waals surface area contributed by atoms with Gasteiger partial charge in [0.05, 0.1) is 5.56 Å². The van der Waals surface area contributed by atoms with Gasteiger partial charge in [0.25, 0.3) is 5.91 Å². The van der Waals surface area contributed by atoms with Crippen molar-refractivity contribution >= 4 is 11.7 Å². The molecule has 8 heteroatoms. The number of alkyl halides is 3. The molecule has 3 aromatic rings. The van der Waals surface area contributed by atoms with E-state index in [4.69, 9.17) is 0 Å². The van der Waals surface area contributed by atoms with Crippen LogP contribution in [0.5, 0.6) is 0 Å². The number of anilines is 1. The lowest BCUT2D eigenvalue weighted by molar-refractivity contribution is -0.137. The number of carbonyl (C=O) groups excluding carboxylic acids is 1. The second-order valence-electron chi connectivity index (χ2n) is 7.19. The van der Waals surface area contributed by atoms with Gasteiger partial charge in [0.2, 0.25) is 0 Å². The maximum absolute atomic E-state index is 13.5. The van der Waals surface area contributed by atoms with E-state index in [-0.39, 0.29) is 17.0 Å². The molecule has 32 heavy (non-hydrogen) atoms. The highest BCUT2D eigenvalue weighted by Crippen LogP contribution is 2.32. The van der Waals surface area contributed by atoms with Gasteiger partial charge in [0, 0.05) is 49.7 Å². The average Bonchev–Trinajstić information content (AvgIpc) is 2.83. The summed E-state index contributed by atoms with van der Waals surface area (Å²) in [4.78, 5) is 25.0. The highest BCUT2D eigenvalue weighted by atomic mass is 19.4. The van der Waals surface area contributed by atoms with Gasteiger partial charge in [-0.3, -0.25) is 4.79 Å². The summed E-state index contributed by atoms with van der Waals surface area (Å²) < 4.78 is 40.4. The largest absolute Gasteiger partial charge is 0.417 e. The maximum Gasteiger partial charge on any atom is 0.417 e. The molecule has 1 aliphatic rings. The van der Waals surface area contributed by atoms with E-state index < -0.39 is 11.7 Å². The number of hydrogen-bond acceptors (Lipinski definition) is 4. The van der Waals surface area contributed by atoms with Crippen LogP contribution in [0.15, 0.2) is 67.0 Å². The first-order valence-corrected chi connectivity index (χ1v) is 10.0. The molecule has 1 saturated heterocycles. The molecule has 0 saturated carbocycles. The van der Waals surface area contributed by atoms with Gasteiger partial charge in [-0.15, -0.1) is 0 Å². The normalized spacial score (nSPS) is 14.0. The average molecular weight is 436 g/mol. The third kappa shape index (κ3) is 4.89. The number of hydrogen-bond donors (Lipinski definition) is 0. The lowest BCUT2D eigenvalue weighted by Crippen LogP contribution is -2.49. The van der Waals surface area contributed by atoms with Crippen molar-refractivity contribution in [3.05, 3.63) is 89.4 Å². The highest BCUT2D eigenvalue weighted by Gasteiger charge is 2.34. The third-order valence-electron chi connectivity index (χ3n) is 5.10. The molecule has 5 nitrogen and oxygen atoms in total. The van der Waals surface area contributed by atoms with Crippen LogP contribution in [0.2, 0.25) is 0 Å². The van der Waals surface area contributed by atoms with Crippen molar-refractivity contribution in [2.24, 2.45) is 0 Å². The zero-order valence-corrected chi connectivity index (χ0v) is 17.0. The van der Waals surface area contributed by atoms with E-state index in [1.807, 2.05) is 18.2 Å². The monoisotopic (exact) mass is 436 g/mol. The lowest BCUT2D eigenvalue weighted by Gasteiger charge is -2.35. The van der Waals surface area contributed by atoms with Crippen molar-refractivity contribution < 1.29 is 18.0 Å². The van der Waals surface area contributed by atoms with Crippen molar-refractivity contribution in [1.82, 2.24) is 14.9 Å². The molecule has 1 aliphatic heterocycles. The molecule has 0 spiro atoms. The van der Waals surface area contributed by atoms with Crippen molar-refractivity contribution in [1.29, 1.82) is 0 Å². The quantitative estimate of drug-likeness (QED) is 0.573. The van der Waals surface area contributed by atoms with Crippen LogP contribution in [-0.2, 0) is 6.18 Å². The van der Waals surface area contributed by atoms with Crippen molar-refractivity contribution in [3.8, 4) is 11.8 Å². The van der Waals surface area contributed by atoms with Crippen LogP contribution < -0.4 is 4.90 Å². The number of pyridine rings is 2. The molecule has 0 radical (unpaired) electrons. The van der Waals surface area contributed by atoms with Crippen LogP contribution in [0.25, 0.3) is 0 Å². The molecule has 1 fully saturated rings. The Bertz CT molecular complexity index is 1150. The smallest absolute Gasteiger partial charge is 0.353 e. The lowest BCUT2D eigenvalue weighted by atomic mass is 10.0. The van der Waals surface area contributed by atoms with Gasteiger partial charge in [-0.1, -0.05) is 18.1 Å². The number of rotatable bonds is 2. The number of carbonyl (C=O) groups is 1. The zero-order chi connectivity index (χ0) is 22.6. The summed E-state index contributed by atoms with van der Waals surface area (Å²) in [5.74, 6) is 5.70. The van der Waals surface area contributed by atoms with E-state index in [2.05, 4.69) is 26.7 Å². The molecule has 0 atom stereocenters. The SMILES string of the molecule is O=C(c1ccc(C(F)(F)F)c(C#Cc2ccccn2)c1)N1CCN(c2ccccn2)CC1. The molecule has 0 N–H and O–H groups in total. The molecule has 0 aliphatic carbocycles. The Morgan fingerprint density at radius 1 is 0.875 bits per heavy atom. The molecular weight excluding hydrogens is 417 g/mol. The Balaban J connectivity index is 1.55. The Morgan fingerprint density at radius 2 is 1.59 bits per heavy atom. The molecular formula is C24H19F3N4O. The summed E-state index contributed by atoms with van der Waals surface area (Å²) in [5.41, 5.74) is -0.601. The first-order valence-electron chi connectivity index (χ1n) is 10.0. The Kier molecular flexibility index (Phi) is 6.08. The molecule has 2 aromatic heterocycles. The first kappa shape index (κ1) is 21.4. The summed E-state index contributed by atoms with van der Waals surface area (Å²) >= 11 is 0. The molecule has 0 unspecified atom stereocenters. The Labute approximate surface area is 183 Å². The number of nitrogens with zero attached hydrogens (tertiary/aromatic N) is 4. The predicted molar refractivity (Wildman–Crippen MR) is 114 cm³/mol. The van der Waals surface area contributed by atoms with Gasteiger partial charge < -0.3 is 9.80 Å². The summed E-state index contributed by atoms with van der Waals surface area (Å²) in [7, 11) is 0. The fourth-order valence-electron chi connectivity index (χ4n) is 3.46. The van der Waals surface area contributed by atoms with Crippen molar-refractivity contribution in [2.75, 3.05) is 31.1 Å². The molecule has 3 heterocycles. The van der Waals surface area contributed by atoms with Crippen molar-refractivity contribution in [2.45, 2.75) is 6.18 Å². The van der Waals surface area contributed by atoms with E-state index in [0.717, 1.165) is 11.9 Å². The predicted octanol–water partition coefficient (Wildman–Crippen LogP) is 3.86. The van der Waals surface area contributed by atoms with Gasteiger partial charge in [0.15, 0.2) is 0 Å². The summed E-state index contributed by atoms with van der Waals surface area (Å²) in [6.45, 7) is 2.09. The standard InChI is InChI=1S/C24H19F3N4O/c25-24(26,27)21-10-8-19(17-18(21)7-9-20-5-1-3-11-28-20)23(32)31-15-13-30(14-16-31)22-6-2-4-12-29-22/h1-6,8,10-12,17H,13-16H2. The van der Waals surface area contributed by atoms with Crippen LogP contribution in [0, 0.1) is 11.8 Å². The minimum Gasteiger partial charge on any atom is -0.353 e. The molecule has 1 amide bonds. The van der Waals surface area contributed by atoms with E-state index in [1.54, 1.807) is 29.3 Å². The number of piperazine rings is 1. The first-order chi connectivity index (χ1) is 15.4. The van der Waals surface area contributed by atoms with Gasteiger partial charge >= 0.3 is 6.18 Å². The van der Waals surface area contributed by atoms with Crippen LogP contribution in [-0.4, -0.2) is 47.0 Å². The number of amides is 1. The highest BCUT2D eigenvalue weighted by molar-refractivity contribution is 5.95. The molecule has 162 valence electrons. The minimum atomic E-state index is -4.58. The second kappa shape index (κ2) is 9.10. The number of aromatic nitrogens is 2. The third-order valence-corrected chi connectivity index (χ3v) is 5.10. The molecule has 0 bridgehead atoms. The number of benzene rings is 1. The minimum absolute atomic E-state index is 0.176. The van der Waals surface area contributed by atoms with Crippen LogP contribution in [0.4, 0.5) is 19.0 Å². The molecule has 1 aromatic carbocycles. The van der Waals surface area contributed by atoms with Crippen molar-refractivity contribution in [3.63, 3.8) is 0 Å². The van der Waals surface area contributed by atoms with E-state index in [1.165, 1.54) is 18.3 Å². The fraction of sp³-hybridized carbons (Fsp3) is 0.208. The van der Waals surface area contributed by atoms with Crippen LogP contribution >= 0.6 is 0 Å². The van der Waals surface area contributed by atoms with Crippen LogP contribution in [0.3, 0.4) is 0 Å². The summed E-state index contributed by atoms with van der Waals surface area (Å²) in [5, 5.41) is 0. The molecule has 4 rings (SSSR count). The Morgan fingerprint density at radius 3 is 2.22 bits per heavy atom. The van der Waals surface area contributed by atoms with E-state index in [0.29, 0.717) is 31.9 Å². The van der Waals surface area contributed by atoms with E-state index in [9.17, 15) is 18.0 Å². The zero-order valence-electron chi connectivity index (χ0n) is 17.0. The summed E-state index contributed by atoms with van der Waals surface area (Å²) in [6, 6.07) is 14.0. The summed E-state index contributed by atoms with van der Waals surface area (Å²) in [6.07, 6.45) is -1.36. The Hall–Kier alpha value is -3.86. The van der Waals surface area contributed by atoms with Gasteiger partial charge in [-0.05, 0) is 48.4 Å². The fourth-order valence-corrected chi connectivity index (χ4v) is 3.46. The van der Waals surface area contributed by atoms with E-state index >= 15 is 0 Å². The second-order valence-corrected chi connectivity index (χ2v) is 7.19. The maximum atomic E-state index is 13.5. The topological polar surface area (TPSA) is 49.3 Å². The van der Waals surface area contributed by atoms with Gasteiger partial charge in [-0.2, -0.15) is 13.2 Å².